The number of Topliss-reactive ketones (excluding diaryl/α,β-unsaturated/α-hetero) is 1. The molecule has 0 saturated carbocycles. The van der Waals surface area contributed by atoms with Crippen molar-refractivity contribution in [2.24, 2.45) is 0 Å². The van der Waals surface area contributed by atoms with Crippen LogP contribution in [0.1, 0.15) is 20.9 Å². The number of carbonyl (C=O) groups is 2. The second kappa shape index (κ2) is 7.55. The van der Waals surface area contributed by atoms with E-state index in [-0.39, 0.29) is 18.2 Å². The van der Waals surface area contributed by atoms with Crippen molar-refractivity contribution in [3.05, 3.63) is 82.0 Å². The monoisotopic (exact) mass is 374 g/mol. The number of hydrogen-bond acceptors (Lipinski definition) is 4. The van der Waals surface area contributed by atoms with Crippen LogP contribution in [0.4, 0.5) is 0 Å². The van der Waals surface area contributed by atoms with E-state index < -0.39 is 5.97 Å². The van der Waals surface area contributed by atoms with Gasteiger partial charge in [-0.15, -0.1) is 0 Å². The molecule has 0 aliphatic rings. The molecule has 2 aromatic carbocycles. The predicted octanol–water partition coefficient (Wildman–Crippen LogP) is 5.29. The Kier molecular flexibility index (Phi) is 5.22. The van der Waals surface area contributed by atoms with E-state index in [2.05, 4.69) is 0 Å². The molecule has 25 heavy (non-hydrogen) atoms. The molecule has 3 rings (SSSR count). The molecule has 0 spiro atoms. The molecule has 0 N–H and O–H groups in total. The van der Waals surface area contributed by atoms with Gasteiger partial charge < -0.3 is 9.15 Å². The molecule has 0 radical (unpaired) electrons. The van der Waals surface area contributed by atoms with Gasteiger partial charge in [0.2, 0.25) is 5.76 Å². The SMILES string of the molecule is O=C(COC(=O)c1ccc(-c2cc(Cl)ccc2Cl)o1)c1ccccc1. The van der Waals surface area contributed by atoms with E-state index >= 15 is 0 Å². The molecule has 0 aliphatic heterocycles. The van der Waals surface area contributed by atoms with Crippen molar-refractivity contribution in [3.8, 4) is 11.3 Å². The maximum Gasteiger partial charge on any atom is 0.374 e. The average Bonchev–Trinajstić information content (AvgIpc) is 3.12. The van der Waals surface area contributed by atoms with Gasteiger partial charge in [0.05, 0.1) is 5.02 Å². The van der Waals surface area contributed by atoms with Gasteiger partial charge in [0.15, 0.2) is 12.4 Å². The third kappa shape index (κ3) is 4.10. The van der Waals surface area contributed by atoms with Crippen LogP contribution in [0.3, 0.4) is 0 Å². The standard InChI is InChI=1S/C19H12Cl2O4/c20-13-6-7-15(21)14(10-13)17-8-9-18(25-17)19(23)24-11-16(22)12-4-2-1-3-5-12/h1-10H,11H2. The molecular weight excluding hydrogens is 363 g/mol. The van der Waals surface area contributed by atoms with Gasteiger partial charge in [-0.25, -0.2) is 4.79 Å². The Morgan fingerprint density at radius 1 is 0.960 bits per heavy atom. The molecule has 0 amide bonds. The molecular formula is C19H12Cl2O4. The quantitative estimate of drug-likeness (QED) is 0.449. The van der Waals surface area contributed by atoms with Crippen LogP contribution >= 0.6 is 23.2 Å². The van der Waals surface area contributed by atoms with E-state index in [0.717, 1.165) is 0 Å². The molecule has 1 heterocycles. The lowest BCUT2D eigenvalue weighted by Crippen LogP contribution is -2.13. The Hall–Kier alpha value is -2.56. The number of benzene rings is 2. The van der Waals surface area contributed by atoms with Gasteiger partial charge in [0.1, 0.15) is 5.76 Å². The predicted molar refractivity (Wildman–Crippen MR) is 95.2 cm³/mol. The van der Waals surface area contributed by atoms with Crippen molar-refractivity contribution in [3.63, 3.8) is 0 Å². The van der Waals surface area contributed by atoms with Crippen molar-refractivity contribution in [1.82, 2.24) is 0 Å². The van der Waals surface area contributed by atoms with Crippen molar-refractivity contribution >= 4 is 35.0 Å². The highest BCUT2D eigenvalue weighted by Crippen LogP contribution is 2.31. The lowest BCUT2D eigenvalue weighted by Gasteiger charge is -2.03. The maximum atomic E-state index is 12.0. The number of hydrogen-bond donors (Lipinski definition) is 0. The molecule has 3 aromatic rings. The minimum atomic E-state index is -0.728. The van der Waals surface area contributed by atoms with Crippen molar-refractivity contribution in [1.29, 1.82) is 0 Å². The third-order valence-corrected chi connectivity index (χ3v) is 4.00. The molecule has 0 bridgehead atoms. The Bertz CT molecular complexity index is 916. The minimum absolute atomic E-state index is 0.0214. The van der Waals surface area contributed by atoms with Gasteiger partial charge in [-0.05, 0) is 30.3 Å². The molecule has 0 atom stereocenters. The Balaban J connectivity index is 1.69. The van der Waals surface area contributed by atoms with Crippen molar-refractivity contribution < 1.29 is 18.7 Å². The number of esters is 1. The zero-order chi connectivity index (χ0) is 17.8. The summed E-state index contributed by atoms with van der Waals surface area (Å²) < 4.78 is 10.5. The summed E-state index contributed by atoms with van der Waals surface area (Å²) in [6, 6.07) is 16.6. The van der Waals surface area contributed by atoms with Gasteiger partial charge in [-0.3, -0.25) is 4.79 Å². The second-order valence-corrected chi connectivity index (χ2v) is 6.00. The fourth-order valence-corrected chi connectivity index (χ4v) is 2.57. The smallest absolute Gasteiger partial charge is 0.374 e. The van der Waals surface area contributed by atoms with Crippen LogP contribution < -0.4 is 0 Å². The topological polar surface area (TPSA) is 56.5 Å². The van der Waals surface area contributed by atoms with Crippen LogP contribution in [0.2, 0.25) is 10.0 Å². The number of rotatable bonds is 5. The molecule has 4 nitrogen and oxygen atoms in total. The Morgan fingerprint density at radius 2 is 1.72 bits per heavy atom. The molecule has 6 heteroatoms. The zero-order valence-electron chi connectivity index (χ0n) is 12.9. The van der Waals surface area contributed by atoms with Crippen LogP contribution in [-0.2, 0) is 4.74 Å². The maximum absolute atomic E-state index is 12.0. The van der Waals surface area contributed by atoms with E-state index in [1.54, 1.807) is 54.6 Å². The number of furan rings is 1. The van der Waals surface area contributed by atoms with Gasteiger partial charge >= 0.3 is 5.97 Å². The lowest BCUT2D eigenvalue weighted by molar-refractivity contribution is 0.0445. The van der Waals surface area contributed by atoms with Crippen molar-refractivity contribution in [2.45, 2.75) is 0 Å². The summed E-state index contributed by atoms with van der Waals surface area (Å²) in [5.41, 5.74) is 1.04. The Labute approximate surface area is 153 Å². The van der Waals surface area contributed by atoms with E-state index in [1.807, 2.05) is 0 Å². The fraction of sp³-hybridized carbons (Fsp3) is 0.0526. The highest BCUT2D eigenvalue weighted by atomic mass is 35.5. The van der Waals surface area contributed by atoms with Crippen molar-refractivity contribution in [2.75, 3.05) is 6.61 Å². The molecule has 0 saturated heterocycles. The van der Waals surface area contributed by atoms with E-state index in [4.69, 9.17) is 32.4 Å². The first-order valence-corrected chi connectivity index (χ1v) is 8.11. The van der Waals surface area contributed by atoms with Crippen LogP contribution in [0.15, 0.2) is 65.1 Å². The lowest BCUT2D eigenvalue weighted by atomic mass is 10.1. The molecule has 1 aromatic heterocycles. The van der Waals surface area contributed by atoms with Gasteiger partial charge in [0, 0.05) is 16.1 Å². The van der Waals surface area contributed by atoms with E-state index in [1.165, 1.54) is 6.07 Å². The Morgan fingerprint density at radius 3 is 2.48 bits per heavy atom. The average molecular weight is 375 g/mol. The summed E-state index contributed by atoms with van der Waals surface area (Å²) in [5, 5.41) is 0.936. The number of halogens is 2. The number of carbonyl (C=O) groups excluding carboxylic acids is 2. The van der Waals surface area contributed by atoms with Gasteiger partial charge in [0.25, 0.3) is 0 Å². The number of ether oxygens (including phenoxy) is 1. The first-order valence-electron chi connectivity index (χ1n) is 7.35. The third-order valence-electron chi connectivity index (χ3n) is 3.43. The first-order chi connectivity index (χ1) is 12.0. The van der Waals surface area contributed by atoms with Crippen LogP contribution in [-0.4, -0.2) is 18.4 Å². The normalized spacial score (nSPS) is 10.5. The first kappa shape index (κ1) is 17.3. The van der Waals surface area contributed by atoms with Gasteiger partial charge in [-0.1, -0.05) is 53.5 Å². The van der Waals surface area contributed by atoms with Crippen LogP contribution in [0.25, 0.3) is 11.3 Å². The van der Waals surface area contributed by atoms with Gasteiger partial charge in [-0.2, -0.15) is 0 Å². The molecule has 0 unspecified atom stereocenters. The highest BCUT2D eigenvalue weighted by Gasteiger charge is 2.17. The van der Waals surface area contributed by atoms with E-state index in [0.29, 0.717) is 26.9 Å². The summed E-state index contributed by atoms with van der Waals surface area (Å²) in [5.74, 6) is -0.659. The second-order valence-electron chi connectivity index (χ2n) is 5.15. The van der Waals surface area contributed by atoms with Crippen LogP contribution in [0, 0.1) is 0 Å². The van der Waals surface area contributed by atoms with E-state index in [9.17, 15) is 9.59 Å². The molecule has 0 fully saturated rings. The largest absolute Gasteiger partial charge is 0.451 e. The molecule has 126 valence electrons. The minimum Gasteiger partial charge on any atom is -0.451 e. The van der Waals surface area contributed by atoms with Crippen LogP contribution in [0.5, 0.6) is 0 Å². The fourth-order valence-electron chi connectivity index (χ4n) is 2.19. The summed E-state index contributed by atoms with van der Waals surface area (Å²) in [4.78, 5) is 24.0. The molecule has 0 aliphatic carbocycles. The summed E-state index contributed by atoms with van der Waals surface area (Å²) >= 11 is 12.1. The summed E-state index contributed by atoms with van der Waals surface area (Å²) in [6.45, 7) is -0.364. The highest BCUT2D eigenvalue weighted by molar-refractivity contribution is 6.35. The summed E-state index contributed by atoms with van der Waals surface area (Å²) in [7, 11) is 0. The zero-order valence-corrected chi connectivity index (χ0v) is 14.4. The number of ketones is 1. The summed E-state index contributed by atoms with van der Waals surface area (Å²) in [6.07, 6.45) is 0.